The maximum absolute atomic E-state index is 13.0. The Labute approximate surface area is 182 Å². The van der Waals surface area contributed by atoms with Crippen LogP contribution in [0.2, 0.25) is 5.02 Å². The molecule has 0 bridgehead atoms. The number of hydrogen-bond donors (Lipinski definition) is 0. The van der Waals surface area contributed by atoms with E-state index in [0.29, 0.717) is 21.4 Å². The zero-order valence-corrected chi connectivity index (χ0v) is 18.3. The van der Waals surface area contributed by atoms with Crippen molar-refractivity contribution < 1.29 is 4.79 Å². The molecule has 4 aromatic rings. The predicted molar refractivity (Wildman–Crippen MR) is 119 cm³/mol. The van der Waals surface area contributed by atoms with Crippen molar-refractivity contribution in [1.82, 2.24) is 19.2 Å². The number of aromatic nitrogens is 4. The van der Waals surface area contributed by atoms with Gasteiger partial charge >= 0.3 is 5.56 Å². The molecule has 0 aliphatic carbocycles. The third-order valence-corrected chi connectivity index (χ3v) is 6.31. The van der Waals surface area contributed by atoms with Gasteiger partial charge in [-0.25, -0.2) is 0 Å². The maximum atomic E-state index is 13.0. The van der Waals surface area contributed by atoms with Crippen LogP contribution >= 0.6 is 23.4 Å². The van der Waals surface area contributed by atoms with Crippen LogP contribution < -0.4 is 5.56 Å². The van der Waals surface area contributed by atoms with Crippen LogP contribution in [0.5, 0.6) is 0 Å². The Kier molecular flexibility index (Phi) is 5.49. The normalized spacial score (nSPS) is 11.2. The molecule has 0 aliphatic rings. The predicted octanol–water partition coefficient (Wildman–Crippen LogP) is 4.43. The maximum Gasteiger partial charge on any atom is 0.300 e. The molecule has 0 radical (unpaired) electrons. The number of carbonyl (C=O) groups excluding carboxylic acids is 1. The number of Topliss-reactive ketones (excluding diaryl/α,β-unsaturated/α-hetero) is 1. The molecule has 4 rings (SSSR count). The number of carbonyl (C=O) groups is 1. The number of benzene rings is 2. The van der Waals surface area contributed by atoms with Gasteiger partial charge in [0.05, 0.1) is 11.4 Å². The molecule has 8 heteroatoms. The summed E-state index contributed by atoms with van der Waals surface area (Å²) in [7, 11) is 0. The number of ketones is 1. The summed E-state index contributed by atoms with van der Waals surface area (Å²) in [6.45, 7) is 5.78. The van der Waals surface area contributed by atoms with Crippen molar-refractivity contribution >= 4 is 34.8 Å². The van der Waals surface area contributed by atoms with Gasteiger partial charge in [0.2, 0.25) is 5.65 Å². The number of nitrogens with zero attached hydrogens (tertiary/aromatic N) is 4. The van der Waals surface area contributed by atoms with Crippen LogP contribution in [0, 0.1) is 20.8 Å². The summed E-state index contributed by atoms with van der Waals surface area (Å²) >= 11 is 7.45. The highest BCUT2D eigenvalue weighted by Crippen LogP contribution is 2.22. The van der Waals surface area contributed by atoms with Gasteiger partial charge in [0, 0.05) is 23.0 Å². The van der Waals surface area contributed by atoms with E-state index in [-0.39, 0.29) is 22.7 Å². The van der Waals surface area contributed by atoms with E-state index < -0.39 is 0 Å². The van der Waals surface area contributed by atoms with E-state index in [2.05, 4.69) is 10.2 Å². The third-order valence-electron chi connectivity index (χ3n) is 4.95. The number of halogens is 1. The molecular formula is C22H19ClN4O2S. The number of thioether (sulfide) groups is 1. The average molecular weight is 439 g/mol. The van der Waals surface area contributed by atoms with Crippen molar-refractivity contribution in [2.75, 3.05) is 5.75 Å². The summed E-state index contributed by atoms with van der Waals surface area (Å²) in [4.78, 5) is 25.6. The van der Waals surface area contributed by atoms with Gasteiger partial charge in [-0.3, -0.25) is 18.6 Å². The number of rotatable bonds is 5. The van der Waals surface area contributed by atoms with Gasteiger partial charge < -0.3 is 0 Å². The molecule has 2 aromatic carbocycles. The van der Waals surface area contributed by atoms with E-state index in [1.807, 2.05) is 45.0 Å². The Morgan fingerprint density at radius 1 is 1.10 bits per heavy atom. The first kappa shape index (κ1) is 20.4. The van der Waals surface area contributed by atoms with Crippen LogP contribution in [0.15, 0.2) is 58.7 Å². The van der Waals surface area contributed by atoms with Crippen LogP contribution in [-0.4, -0.2) is 30.7 Å². The molecule has 0 N–H and O–H groups in total. The highest BCUT2D eigenvalue weighted by molar-refractivity contribution is 7.99. The van der Waals surface area contributed by atoms with Crippen LogP contribution in [0.1, 0.15) is 27.0 Å². The lowest BCUT2D eigenvalue weighted by Crippen LogP contribution is -2.21. The van der Waals surface area contributed by atoms with E-state index in [4.69, 9.17) is 11.6 Å². The molecule has 0 atom stereocenters. The first-order valence-corrected chi connectivity index (χ1v) is 10.7. The van der Waals surface area contributed by atoms with Crippen LogP contribution in [0.25, 0.3) is 11.3 Å². The highest BCUT2D eigenvalue weighted by atomic mass is 35.5. The number of fused-ring (bicyclic) bond motifs is 1. The van der Waals surface area contributed by atoms with Gasteiger partial charge in [-0.1, -0.05) is 53.2 Å². The van der Waals surface area contributed by atoms with Gasteiger partial charge in [0.1, 0.15) is 0 Å². The second kappa shape index (κ2) is 8.08. The molecule has 0 spiro atoms. The Morgan fingerprint density at radius 3 is 2.67 bits per heavy atom. The lowest BCUT2D eigenvalue weighted by molar-refractivity contribution is 0.102. The smallest absolute Gasteiger partial charge is 0.293 e. The van der Waals surface area contributed by atoms with E-state index in [9.17, 15) is 9.59 Å². The lowest BCUT2D eigenvalue weighted by atomic mass is 10.0. The fourth-order valence-corrected chi connectivity index (χ4v) is 4.32. The lowest BCUT2D eigenvalue weighted by Gasteiger charge is -2.10. The molecule has 152 valence electrons. The zero-order valence-electron chi connectivity index (χ0n) is 16.7. The zero-order chi connectivity index (χ0) is 21.4. The summed E-state index contributed by atoms with van der Waals surface area (Å²) < 4.78 is 3.11. The van der Waals surface area contributed by atoms with Crippen molar-refractivity contribution in [2.24, 2.45) is 0 Å². The molecule has 2 aromatic heterocycles. The van der Waals surface area contributed by atoms with E-state index >= 15 is 0 Å². The Hall–Kier alpha value is -2.90. The molecule has 0 amide bonds. The largest absolute Gasteiger partial charge is 0.300 e. The molecular weight excluding hydrogens is 420 g/mol. The fraction of sp³-hybridized carbons (Fsp3) is 0.182. The van der Waals surface area contributed by atoms with E-state index in [1.165, 1.54) is 16.3 Å². The third kappa shape index (κ3) is 3.66. The molecule has 0 fully saturated rings. The highest BCUT2D eigenvalue weighted by Gasteiger charge is 2.16. The van der Waals surface area contributed by atoms with Crippen molar-refractivity contribution in [3.05, 3.63) is 86.4 Å². The van der Waals surface area contributed by atoms with Gasteiger partial charge in [-0.15, -0.1) is 10.2 Å². The second-order valence-corrected chi connectivity index (χ2v) is 8.41. The minimum Gasteiger partial charge on any atom is -0.293 e. The van der Waals surface area contributed by atoms with Crippen molar-refractivity contribution in [3.63, 3.8) is 0 Å². The molecule has 6 nitrogen and oxygen atoms in total. The standard InChI is InChI=1S/C22H19ClN4O2S/c1-13-7-8-16(14(2)11-13)19(28)12-30-22-25-24-20-21(29)26(9-10-27(20)22)18-6-4-5-17(23)15(18)3/h4-11H,12H2,1-3H3. The summed E-state index contributed by atoms with van der Waals surface area (Å²) in [5.41, 5.74) is 4.15. The Balaban J connectivity index is 1.63. The summed E-state index contributed by atoms with van der Waals surface area (Å²) in [6, 6.07) is 11.2. The minimum atomic E-state index is -0.303. The van der Waals surface area contributed by atoms with Gasteiger partial charge in [0.15, 0.2) is 10.9 Å². The number of aryl methyl sites for hydroxylation is 2. The van der Waals surface area contributed by atoms with E-state index in [0.717, 1.165) is 16.7 Å². The van der Waals surface area contributed by atoms with Gasteiger partial charge in [-0.05, 0) is 44.0 Å². The van der Waals surface area contributed by atoms with Crippen LogP contribution in [0.3, 0.4) is 0 Å². The second-order valence-electron chi connectivity index (χ2n) is 7.06. The molecule has 30 heavy (non-hydrogen) atoms. The molecule has 0 unspecified atom stereocenters. The fourth-order valence-electron chi connectivity index (χ4n) is 3.35. The van der Waals surface area contributed by atoms with Crippen molar-refractivity contribution in [3.8, 4) is 5.69 Å². The molecule has 0 saturated carbocycles. The van der Waals surface area contributed by atoms with E-state index in [1.54, 1.807) is 28.9 Å². The van der Waals surface area contributed by atoms with Crippen molar-refractivity contribution in [2.45, 2.75) is 25.9 Å². The van der Waals surface area contributed by atoms with Gasteiger partial charge in [0.25, 0.3) is 0 Å². The molecule has 0 saturated heterocycles. The number of hydrogen-bond acceptors (Lipinski definition) is 5. The van der Waals surface area contributed by atoms with Crippen LogP contribution in [-0.2, 0) is 0 Å². The summed E-state index contributed by atoms with van der Waals surface area (Å²) in [5.74, 6) is 0.221. The van der Waals surface area contributed by atoms with Crippen LogP contribution in [0.4, 0.5) is 0 Å². The topological polar surface area (TPSA) is 69.3 Å². The first-order chi connectivity index (χ1) is 14.4. The Bertz CT molecular complexity index is 1340. The SMILES string of the molecule is Cc1ccc(C(=O)CSc2nnc3c(=O)n(-c4cccc(Cl)c4C)ccn23)c(C)c1. The molecule has 0 aliphatic heterocycles. The average Bonchev–Trinajstić information content (AvgIpc) is 3.13. The first-order valence-electron chi connectivity index (χ1n) is 9.32. The summed E-state index contributed by atoms with van der Waals surface area (Å²) in [6.07, 6.45) is 3.38. The van der Waals surface area contributed by atoms with Gasteiger partial charge in [-0.2, -0.15) is 0 Å². The Morgan fingerprint density at radius 2 is 1.90 bits per heavy atom. The monoisotopic (exact) mass is 438 g/mol. The summed E-state index contributed by atoms with van der Waals surface area (Å²) in [5, 5.41) is 9.25. The molecule has 2 heterocycles. The quantitative estimate of drug-likeness (QED) is 0.340. The van der Waals surface area contributed by atoms with Crippen molar-refractivity contribution in [1.29, 1.82) is 0 Å². The minimum absolute atomic E-state index is 0.0112.